The molecule has 0 N–H and O–H groups in total. The van der Waals surface area contributed by atoms with Gasteiger partial charge in [-0.3, -0.25) is 4.90 Å². The Labute approximate surface area is 177 Å². The van der Waals surface area contributed by atoms with Crippen molar-refractivity contribution in [1.29, 1.82) is 0 Å². The van der Waals surface area contributed by atoms with Gasteiger partial charge in [-0.2, -0.15) is 0 Å². The fourth-order valence-corrected chi connectivity index (χ4v) is 4.27. The van der Waals surface area contributed by atoms with Gasteiger partial charge in [-0.15, -0.1) is 0 Å². The predicted molar refractivity (Wildman–Crippen MR) is 116 cm³/mol. The third kappa shape index (κ3) is 4.54. The van der Waals surface area contributed by atoms with Crippen molar-refractivity contribution in [3.63, 3.8) is 0 Å². The molecule has 0 spiro atoms. The van der Waals surface area contributed by atoms with E-state index in [-0.39, 0.29) is 11.5 Å². The highest BCUT2D eigenvalue weighted by Crippen LogP contribution is 2.31. The van der Waals surface area contributed by atoms with Crippen molar-refractivity contribution in [2.45, 2.75) is 31.1 Å². The molecule has 1 aliphatic rings. The molecule has 0 radical (unpaired) electrons. The summed E-state index contributed by atoms with van der Waals surface area (Å²) in [6.45, 7) is 10.4. The van der Waals surface area contributed by atoms with Crippen molar-refractivity contribution in [3.05, 3.63) is 100 Å². The number of fused-ring (bicyclic) bond motifs is 1. The first-order valence-corrected chi connectivity index (χ1v) is 11.5. The average molecular weight is 419 g/mol. The molecule has 0 atom stereocenters. The highest BCUT2D eigenvalue weighted by atomic mass is 32.2. The van der Waals surface area contributed by atoms with E-state index < -0.39 is 9.84 Å². The van der Waals surface area contributed by atoms with E-state index in [2.05, 4.69) is 34.0 Å². The van der Waals surface area contributed by atoms with Crippen LogP contribution >= 0.6 is 0 Å². The number of rotatable bonds is 6. The molecular formula is C24H22N2O3S. The van der Waals surface area contributed by atoms with Crippen LogP contribution in [0.5, 0.6) is 5.75 Å². The number of hydrogen-bond donors (Lipinski definition) is 0. The molecule has 3 aromatic carbocycles. The molecule has 0 bridgehead atoms. The standard InChI is InChI=1S/C24H22N2O3S/c1-25-23-13-19(14-26-15-20-5-3-4-6-21(20)16-26)9-12-24(23)29-17-18-7-10-22(11-8-18)30(2,27)28/h3-13H,14-17H2,2H3. The van der Waals surface area contributed by atoms with Crippen LogP contribution in [0.1, 0.15) is 22.3 Å². The second-order valence-electron chi connectivity index (χ2n) is 7.53. The molecule has 0 amide bonds. The normalized spacial score (nSPS) is 13.6. The minimum absolute atomic E-state index is 0.271. The van der Waals surface area contributed by atoms with Crippen LogP contribution in [0.4, 0.5) is 5.69 Å². The molecule has 0 aromatic heterocycles. The lowest BCUT2D eigenvalue weighted by atomic mass is 10.1. The van der Waals surface area contributed by atoms with Crippen LogP contribution in [0.2, 0.25) is 0 Å². The monoisotopic (exact) mass is 418 g/mol. The minimum atomic E-state index is -3.21. The molecule has 0 unspecified atom stereocenters. The van der Waals surface area contributed by atoms with E-state index in [1.165, 1.54) is 17.4 Å². The summed E-state index contributed by atoms with van der Waals surface area (Å²) in [5.74, 6) is 0.533. The fourth-order valence-electron chi connectivity index (χ4n) is 3.64. The lowest BCUT2D eigenvalue weighted by Crippen LogP contribution is -2.15. The third-order valence-electron chi connectivity index (χ3n) is 5.20. The van der Waals surface area contributed by atoms with Gasteiger partial charge in [-0.05, 0) is 46.5 Å². The van der Waals surface area contributed by atoms with E-state index in [9.17, 15) is 8.42 Å². The molecule has 6 heteroatoms. The van der Waals surface area contributed by atoms with Gasteiger partial charge >= 0.3 is 0 Å². The van der Waals surface area contributed by atoms with E-state index in [1.54, 1.807) is 24.3 Å². The highest BCUT2D eigenvalue weighted by molar-refractivity contribution is 7.90. The lowest BCUT2D eigenvalue weighted by Gasteiger charge is -2.16. The third-order valence-corrected chi connectivity index (χ3v) is 6.33. The zero-order chi connectivity index (χ0) is 21.1. The molecule has 152 valence electrons. The van der Waals surface area contributed by atoms with Crippen molar-refractivity contribution < 1.29 is 13.2 Å². The van der Waals surface area contributed by atoms with Crippen LogP contribution in [0, 0.1) is 6.57 Å². The molecule has 30 heavy (non-hydrogen) atoms. The minimum Gasteiger partial charge on any atom is -0.500 e. The van der Waals surface area contributed by atoms with Gasteiger partial charge in [0.2, 0.25) is 5.69 Å². The van der Waals surface area contributed by atoms with Crippen LogP contribution in [-0.2, 0) is 36.1 Å². The number of ether oxygens (including phenoxy) is 1. The number of benzene rings is 3. The zero-order valence-corrected chi connectivity index (χ0v) is 17.5. The smallest absolute Gasteiger partial charge is 0.228 e. The van der Waals surface area contributed by atoms with Crippen molar-refractivity contribution in [2.24, 2.45) is 0 Å². The SMILES string of the molecule is [C-]#[N+]c1cc(CN2Cc3ccccc3C2)ccc1OCc1ccc(S(C)(=O)=O)cc1. The average Bonchev–Trinajstić information content (AvgIpc) is 3.14. The Morgan fingerprint density at radius 3 is 2.20 bits per heavy atom. The van der Waals surface area contributed by atoms with Gasteiger partial charge in [0.05, 0.1) is 11.5 Å². The predicted octanol–water partition coefficient (Wildman–Crippen LogP) is 4.74. The Morgan fingerprint density at radius 1 is 0.967 bits per heavy atom. The van der Waals surface area contributed by atoms with Crippen LogP contribution < -0.4 is 4.74 Å². The van der Waals surface area contributed by atoms with Crippen molar-refractivity contribution in [1.82, 2.24) is 4.90 Å². The van der Waals surface area contributed by atoms with Crippen molar-refractivity contribution in [3.8, 4) is 5.75 Å². The molecule has 4 rings (SSSR count). The van der Waals surface area contributed by atoms with E-state index in [4.69, 9.17) is 11.3 Å². The number of nitrogens with zero attached hydrogens (tertiary/aromatic N) is 2. The molecule has 1 heterocycles. The van der Waals surface area contributed by atoms with Crippen molar-refractivity contribution in [2.75, 3.05) is 6.26 Å². The second-order valence-corrected chi connectivity index (χ2v) is 9.55. The molecule has 0 saturated carbocycles. The summed E-state index contributed by atoms with van der Waals surface area (Å²) in [6.07, 6.45) is 1.18. The Hall–Kier alpha value is -3.14. The largest absolute Gasteiger partial charge is 0.500 e. The first-order valence-electron chi connectivity index (χ1n) is 9.64. The fraction of sp³-hybridized carbons (Fsp3) is 0.208. The molecule has 1 aliphatic heterocycles. The van der Waals surface area contributed by atoms with Gasteiger partial charge in [0.15, 0.2) is 9.84 Å². The van der Waals surface area contributed by atoms with E-state index in [0.717, 1.165) is 30.8 Å². The van der Waals surface area contributed by atoms with Crippen molar-refractivity contribution >= 4 is 15.5 Å². The Morgan fingerprint density at radius 2 is 1.60 bits per heavy atom. The molecule has 3 aromatic rings. The maximum atomic E-state index is 11.6. The van der Waals surface area contributed by atoms with Gasteiger partial charge in [0.25, 0.3) is 0 Å². The Bertz CT molecular complexity index is 1190. The van der Waals surface area contributed by atoms with E-state index >= 15 is 0 Å². The second kappa shape index (κ2) is 8.31. The summed E-state index contributed by atoms with van der Waals surface area (Å²) in [7, 11) is -3.21. The first-order chi connectivity index (χ1) is 14.4. The summed E-state index contributed by atoms with van der Waals surface area (Å²) in [4.78, 5) is 6.27. The molecule has 0 aliphatic carbocycles. The highest BCUT2D eigenvalue weighted by Gasteiger charge is 2.18. The van der Waals surface area contributed by atoms with Crippen LogP contribution in [0.25, 0.3) is 4.85 Å². The molecular weight excluding hydrogens is 396 g/mol. The summed E-state index contributed by atoms with van der Waals surface area (Å²) in [5, 5.41) is 0. The van der Waals surface area contributed by atoms with E-state index in [1.807, 2.05) is 18.2 Å². The summed E-state index contributed by atoms with van der Waals surface area (Å²) in [5.41, 5.74) is 5.14. The summed E-state index contributed by atoms with van der Waals surface area (Å²) < 4.78 is 29.0. The Balaban J connectivity index is 1.41. The van der Waals surface area contributed by atoms with Gasteiger partial charge < -0.3 is 4.74 Å². The first kappa shape index (κ1) is 20.1. The zero-order valence-electron chi connectivity index (χ0n) is 16.7. The Kier molecular flexibility index (Phi) is 5.58. The topological polar surface area (TPSA) is 51.0 Å². The van der Waals surface area contributed by atoms with Crippen LogP contribution in [-0.4, -0.2) is 19.6 Å². The van der Waals surface area contributed by atoms with Gasteiger partial charge in [-0.25, -0.2) is 13.3 Å². The summed E-state index contributed by atoms with van der Waals surface area (Å²) in [6, 6.07) is 20.8. The molecule has 5 nitrogen and oxygen atoms in total. The van der Waals surface area contributed by atoms with Crippen LogP contribution in [0.15, 0.2) is 71.6 Å². The molecule has 0 saturated heterocycles. The summed E-state index contributed by atoms with van der Waals surface area (Å²) >= 11 is 0. The van der Waals surface area contributed by atoms with Crippen LogP contribution in [0.3, 0.4) is 0 Å². The van der Waals surface area contributed by atoms with Gasteiger partial charge in [-0.1, -0.05) is 42.5 Å². The van der Waals surface area contributed by atoms with E-state index in [0.29, 0.717) is 11.4 Å². The molecule has 0 fully saturated rings. The van der Waals surface area contributed by atoms with Gasteiger partial charge in [0, 0.05) is 25.9 Å². The number of sulfone groups is 1. The number of hydrogen-bond acceptors (Lipinski definition) is 4. The maximum absolute atomic E-state index is 11.6. The maximum Gasteiger partial charge on any atom is 0.228 e. The quantitative estimate of drug-likeness (QED) is 0.543. The lowest BCUT2D eigenvalue weighted by molar-refractivity contribution is 0.275. The van der Waals surface area contributed by atoms with Gasteiger partial charge in [0.1, 0.15) is 12.4 Å².